The number of amides is 2. The predicted molar refractivity (Wildman–Crippen MR) is 123 cm³/mol. The van der Waals surface area contributed by atoms with Crippen molar-refractivity contribution in [1.29, 1.82) is 5.26 Å². The minimum atomic E-state index is -0.477. The van der Waals surface area contributed by atoms with Gasteiger partial charge in [0.05, 0.1) is 35.1 Å². The van der Waals surface area contributed by atoms with Crippen LogP contribution in [0.15, 0.2) is 60.9 Å². The van der Waals surface area contributed by atoms with Crippen LogP contribution in [0.5, 0.6) is 0 Å². The molecule has 1 heterocycles. The van der Waals surface area contributed by atoms with E-state index in [1.165, 1.54) is 24.5 Å². The Hall–Kier alpha value is -3.73. The van der Waals surface area contributed by atoms with Gasteiger partial charge in [-0.25, -0.2) is 0 Å². The van der Waals surface area contributed by atoms with Crippen LogP contribution in [-0.4, -0.2) is 21.9 Å². The summed E-state index contributed by atoms with van der Waals surface area (Å²) in [6, 6.07) is 15.4. The van der Waals surface area contributed by atoms with Crippen molar-refractivity contribution < 1.29 is 14.7 Å². The Bertz CT molecular complexity index is 1190. The molecule has 32 heavy (non-hydrogen) atoms. The van der Waals surface area contributed by atoms with E-state index in [1.54, 1.807) is 30.3 Å². The van der Waals surface area contributed by atoms with Crippen LogP contribution in [0.25, 0.3) is 0 Å². The minimum Gasteiger partial charge on any atom is -0.392 e. The Morgan fingerprint density at radius 1 is 1.09 bits per heavy atom. The molecule has 0 aliphatic rings. The fourth-order valence-electron chi connectivity index (χ4n) is 3.06. The minimum absolute atomic E-state index is 0.0115. The lowest BCUT2D eigenvalue weighted by atomic mass is 9.96. The van der Waals surface area contributed by atoms with Crippen LogP contribution in [0.4, 0.5) is 11.4 Å². The zero-order valence-electron chi connectivity index (χ0n) is 17.3. The van der Waals surface area contributed by atoms with Crippen molar-refractivity contribution in [2.75, 3.05) is 10.6 Å². The first-order chi connectivity index (χ1) is 15.4. The lowest BCUT2D eigenvalue weighted by Gasteiger charge is -2.12. The molecule has 1 atom stereocenters. The summed E-state index contributed by atoms with van der Waals surface area (Å²) in [5.74, 6) is -0.808. The third-order valence-corrected chi connectivity index (χ3v) is 5.15. The van der Waals surface area contributed by atoms with E-state index in [9.17, 15) is 14.7 Å². The molecule has 1 unspecified atom stereocenters. The van der Waals surface area contributed by atoms with Gasteiger partial charge in [0.1, 0.15) is 0 Å². The molecule has 3 rings (SSSR count). The van der Waals surface area contributed by atoms with Crippen LogP contribution >= 0.6 is 11.6 Å². The van der Waals surface area contributed by atoms with Crippen molar-refractivity contribution in [2.24, 2.45) is 0 Å². The molecule has 7 nitrogen and oxygen atoms in total. The number of nitriles is 1. The molecule has 0 saturated carbocycles. The molecule has 0 saturated heterocycles. The van der Waals surface area contributed by atoms with Gasteiger partial charge in [0, 0.05) is 23.9 Å². The van der Waals surface area contributed by atoms with Crippen LogP contribution in [0.3, 0.4) is 0 Å². The topological polar surface area (TPSA) is 115 Å². The number of hydrogen-bond donors (Lipinski definition) is 3. The maximum atomic E-state index is 12.7. The first-order valence-corrected chi connectivity index (χ1v) is 10.2. The number of aromatic nitrogens is 1. The van der Waals surface area contributed by atoms with Crippen LogP contribution in [0, 0.1) is 11.3 Å². The zero-order valence-corrected chi connectivity index (χ0v) is 18.1. The Morgan fingerprint density at radius 3 is 2.62 bits per heavy atom. The van der Waals surface area contributed by atoms with E-state index in [0.29, 0.717) is 28.9 Å². The Labute approximate surface area is 190 Å². The Morgan fingerprint density at radius 2 is 1.88 bits per heavy atom. The normalized spacial score (nSPS) is 11.3. The van der Waals surface area contributed by atoms with Gasteiger partial charge in [-0.2, -0.15) is 5.26 Å². The van der Waals surface area contributed by atoms with Crippen molar-refractivity contribution in [3.05, 3.63) is 88.2 Å². The highest BCUT2D eigenvalue weighted by molar-refractivity contribution is 6.34. The maximum Gasteiger partial charge on any atom is 0.257 e. The average molecular weight is 449 g/mol. The molecule has 2 amide bonds. The molecule has 0 spiro atoms. The van der Waals surface area contributed by atoms with Crippen LogP contribution in [0.1, 0.15) is 51.1 Å². The highest BCUT2D eigenvalue weighted by atomic mass is 35.5. The SMILES string of the molecule is CC(CC#N)c1cccc(C(=O)Nc2ccc(Cl)c(C(=O)Nc3cncc(CO)c3)c2)c1. The first kappa shape index (κ1) is 22.9. The number of benzene rings is 2. The second kappa shape index (κ2) is 10.5. The second-order valence-corrected chi connectivity index (χ2v) is 7.64. The summed E-state index contributed by atoms with van der Waals surface area (Å²) in [6.07, 6.45) is 3.31. The number of anilines is 2. The quantitative estimate of drug-likeness (QED) is 0.482. The summed E-state index contributed by atoms with van der Waals surface area (Å²) < 4.78 is 0. The Balaban J connectivity index is 1.77. The fraction of sp³-hybridized carbons (Fsp3) is 0.167. The molecule has 2 aromatic carbocycles. The molecule has 3 N–H and O–H groups in total. The van der Waals surface area contributed by atoms with Crippen LogP contribution < -0.4 is 10.6 Å². The number of rotatable bonds is 7. The highest BCUT2D eigenvalue weighted by Crippen LogP contribution is 2.24. The number of pyridine rings is 1. The van der Waals surface area contributed by atoms with Crippen LogP contribution in [0.2, 0.25) is 5.02 Å². The van der Waals surface area contributed by atoms with Gasteiger partial charge >= 0.3 is 0 Å². The largest absolute Gasteiger partial charge is 0.392 e. The smallest absolute Gasteiger partial charge is 0.257 e. The first-order valence-electron chi connectivity index (χ1n) is 9.85. The predicted octanol–water partition coefficient (Wildman–Crippen LogP) is 4.75. The van der Waals surface area contributed by atoms with E-state index in [4.69, 9.17) is 16.9 Å². The van der Waals surface area contributed by atoms with Crippen LogP contribution in [-0.2, 0) is 6.61 Å². The molecule has 162 valence electrons. The molecule has 0 fully saturated rings. The van der Waals surface area contributed by atoms with E-state index in [1.807, 2.05) is 13.0 Å². The number of nitrogens with zero attached hydrogens (tertiary/aromatic N) is 2. The second-order valence-electron chi connectivity index (χ2n) is 7.23. The van der Waals surface area contributed by atoms with Crippen molar-refractivity contribution in [1.82, 2.24) is 4.98 Å². The number of nitrogens with one attached hydrogen (secondary N) is 2. The maximum absolute atomic E-state index is 12.7. The molecular formula is C24H21ClN4O3. The fourth-order valence-corrected chi connectivity index (χ4v) is 3.27. The summed E-state index contributed by atoms with van der Waals surface area (Å²) in [4.78, 5) is 29.4. The van der Waals surface area contributed by atoms with Gasteiger partial charge in [-0.05, 0) is 53.4 Å². The van der Waals surface area contributed by atoms with E-state index >= 15 is 0 Å². The van der Waals surface area contributed by atoms with Crippen molar-refractivity contribution in [2.45, 2.75) is 25.9 Å². The number of halogens is 1. The number of aliphatic hydroxyl groups is 1. The third-order valence-electron chi connectivity index (χ3n) is 4.82. The van der Waals surface area contributed by atoms with Gasteiger partial charge < -0.3 is 15.7 Å². The van der Waals surface area contributed by atoms with E-state index in [2.05, 4.69) is 21.7 Å². The molecule has 1 aromatic heterocycles. The van der Waals surface area contributed by atoms with E-state index in [-0.39, 0.29) is 29.0 Å². The Kier molecular flexibility index (Phi) is 7.55. The van der Waals surface area contributed by atoms with Gasteiger partial charge in [0.2, 0.25) is 0 Å². The van der Waals surface area contributed by atoms with E-state index < -0.39 is 5.91 Å². The molecule has 0 bridgehead atoms. The van der Waals surface area contributed by atoms with Gasteiger partial charge in [-0.3, -0.25) is 14.6 Å². The molecule has 0 aliphatic carbocycles. The third kappa shape index (κ3) is 5.70. The average Bonchev–Trinajstić information content (AvgIpc) is 2.80. The number of carbonyl (C=O) groups is 2. The monoisotopic (exact) mass is 448 g/mol. The van der Waals surface area contributed by atoms with Gasteiger partial charge in [0.25, 0.3) is 11.8 Å². The van der Waals surface area contributed by atoms with Crippen molar-refractivity contribution >= 4 is 34.8 Å². The zero-order chi connectivity index (χ0) is 23.1. The lowest BCUT2D eigenvalue weighted by molar-refractivity contribution is 0.101. The molecular weight excluding hydrogens is 428 g/mol. The summed E-state index contributed by atoms with van der Waals surface area (Å²) in [6.45, 7) is 1.73. The number of hydrogen-bond acceptors (Lipinski definition) is 5. The number of aliphatic hydroxyl groups excluding tert-OH is 1. The molecule has 0 aliphatic heterocycles. The highest BCUT2D eigenvalue weighted by Gasteiger charge is 2.15. The lowest BCUT2D eigenvalue weighted by Crippen LogP contribution is -2.15. The summed E-state index contributed by atoms with van der Waals surface area (Å²) in [5.41, 5.74) is 2.89. The van der Waals surface area contributed by atoms with Crippen molar-refractivity contribution in [3.63, 3.8) is 0 Å². The molecule has 3 aromatic rings. The van der Waals surface area contributed by atoms with Gasteiger partial charge in [0.15, 0.2) is 0 Å². The van der Waals surface area contributed by atoms with Gasteiger partial charge in [-0.15, -0.1) is 0 Å². The summed E-state index contributed by atoms with van der Waals surface area (Å²) in [5, 5.41) is 23.8. The molecule has 8 heteroatoms. The standard InChI is InChI=1S/C24H21ClN4O3/c1-15(7-8-26)17-3-2-4-18(10-17)23(31)28-19-5-6-22(25)21(11-19)24(32)29-20-9-16(14-30)12-27-13-20/h2-6,9-13,15,30H,7,14H2,1H3,(H,28,31)(H,29,32). The number of carbonyl (C=O) groups excluding carboxylic acids is 2. The van der Waals surface area contributed by atoms with E-state index in [0.717, 1.165) is 5.56 Å². The van der Waals surface area contributed by atoms with Gasteiger partial charge in [-0.1, -0.05) is 30.7 Å². The summed E-state index contributed by atoms with van der Waals surface area (Å²) >= 11 is 6.20. The summed E-state index contributed by atoms with van der Waals surface area (Å²) in [7, 11) is 0. The van der Waals surface area contributed by atoms with Crippen molar-refractivity contribution in [3.8, 4) is 6.07 Å². The molecule has 0 radical (unpaired) electrons.